The largest absolute Gasteiger partial charge is 0.243 e. The molecule has 0 atom stereocenters. The third-order valence-corrected chi connectivity index (χ3v) is 3.06. The van der Waals surface area contributed by atoms with E-state index in [0.29, 0.717) is 5.69 Å². The Labute approximate surface area is 107 Å². The maximum atomic E-state index is 9.12. The van der Waals surface area contributed by atoms with E-state index in [9.17, 15) is 0 Å². The number of nitrogens with zero attached hydrogens (tertiary/aromatic N) is 4. The third kappa shape index (κ3) is 2.12. The van der Waals surface area contributed by atoms with Gasteiger partial charge in [0.2, 0.25) is 0 Å². The molecule has 0 saturated carbocycles. The average molecular weight is 240 g/mol. The molecule has 0 radical (unpaired) electrons. The van der Waals surface area contributed by atoms with Crippen molar-refractivity contribution in [1.82, 2.24) is 15.0 Å². The van der Waals surface area contributed by atoms with Crippen molar-refractivity contribution in [1.29, 1.82) is 5.26 Å². The molecule has 2 rings (SSSR count). The van der Waals surface area contributed by atoms with Gasteiger partial charge in [0.25, 0.3) is 0 Å². The fraction of sp³-hybridized carbons (Fsp3) is 0.357. The first-order chi connectivity index (χ1) is 8.67. The average Bonchev–Trinajstić information content (AvgIpc) is 2.76. The van der Waals surface area contributed by atoms with Crippen molar-refractivity contribution in [3.8, 4) is 17.3 Å². The quantitative estimate of drug-likeness (QED) is 0.829. The van der Waals surface area contributed by atoms with Crippen molar-refractivity contribution in [3.05, 3.63) is 35.0 Å². The van der Waals surface area contributed by atoms with Gasteiger partial charge in [-0.25, -0.2) is 4.68 Å². The van der Waals surface area contributed by atoms with Crippen LogP contribution in [0.15, 0.2) is 18.2 Å². The molecule has 0 N–H and O–H groups in total. The van der Waals surface area contributed by atoms with E-state index < -0.39 is 0 Å². The normalized spacial score (nSPS) is 10.3. The highest BCUT2D eigenvalue weighted by Gasteiger charge is 2.14. The highest BCUT2D eigenvalue weighted by molar-refractivity contribution is 5.66. The van der Waals surface area contributed by atoms with Crippen molar-refractivity contribution >= 4 is 0 Å². The summed E-state index contributed by atoms with van der Waals surface area (Å²) in [4.78, 5) is 0. The van der Waals surface area contributed by atoms with Crippen LogP contribution >= 0.6 is 0 Å². The molecule has 0 aliphatic carbocycles. The van der Waals surface area contributed by atoms with Gasteiger partial charge in [0.15, 0.2) is 5.69 Å². The molecule has 18 heavy (non-hydrogen) atoms. The van der Waals surface area contributed by atoms with Gasteiger partial charge in [-0.3, -0.25) is 0 Å². The number of rotatable bonds is 3. The molecule has 0 aliphatic heterocycles. The summed E-state index contributed by atoms with van der Waals surface area (Å²) < 4.78 is 1.81. The van der Waals surface area contributed by atoms with E-state index in [-0.39, 0.29) is 0 Å². The summed E-state index contributed by atoms with van der Waals surface area (Å²) in [7, 11) is 0. The van der Waals surface area contributed by atoms with Gasteiger partial charge in [-0.05, 0) is 37.5 Å². The molecule has 0 unspecified atom stereocenters. The minimum absolute atomic E-state index is 0.395. The van der Waals surface area contributed by atoms with Crippen molar-refractivity contribution in [2.75, 3.05) is 0 Å². The maximum Gasteiger partial charge on any atom is 0.190 e. The van der Waals surface area contributed by atoms with Crippen molar-refractivity contribution in [2.45, 2.75) is 33.7 Å². The molecule has 1 aromatic heterocycles. The van der Waals surface area contributed by atoms with E-state index in [0.717, 1.165) is 24.2 Å². The molecule has 4 heteroatoms. The van der Waals surface area contributed by atoms with Crippen LogP contribution in [-0.2, 0) is 6.54 Å². The molecule has 92 valence electrons. The summed E-state index contributed by atoms with van der Waals surface area (Å²) in [6, 6.07) is 8.28. The Kier molecular flexibility index (Phi) is 3.42. The fourth-order valence-electron chi connectivity index (χ4n) is 1.93. The Morgan fingerprint density at radius 1 is 1.28 bits per heavy atom. The smallest absolute Gasteiger partial charge is 0.190 e. The lowest BCUT2D eigenvalue weighted by Crippen LogP contribution is -2.02. The maximum absolute atomic E-state index is 9.12. The third-order valence-electron chi connectivity index (χ3n) is 3.06. The van der Waals surface area contributed by atoms with Gasteiger partial charge < -0.3 is 0 Å². The van der Waals surface area contributed by atoms with E-state index in [2.05, 4.69) is 49.3 Å². The Balaban J connectivity index is 2.58. The van der Waals surface area contributed by atoms with Crippen molar-refractivity contribution < 1.29 is 0 Å². The van der Waals surface area contributed by atoms with E-state index >= 15 is 0 Å². The fourth-order valence-corrected chi connectivity index (χ4v) is 1.93. The van der Waals surface area contributed by atoms with Crippen LogP contribution in [0.4, 0.5) is 0 Å². The number of benzene rings is 1. The Bertz CT molecular complexity index is 605. The second kappa shape index (κ2) is 5.01. The molecule has 0 bridgehead atoms. The van der Waals surface area contributed by atoms with Gasteiger partial charge in [0.05, 0.1) is 0 Å². The Morgan fingerprint density at radius 2 is 2.06 bits per heavy atom. The van der Waals surface area contributed by atoms with Crippen LogP contribution in [0.1, 0.15) is 30.2 Å². The lowest BCUT2D eigenvalue weighted by atomic mass is 10.0. The summed E-state index contributed by atoms with van der Waals surface area (Å²) >= 11 is 0. The molecule has 0 spiro atoms. The first-order valence-corrected chi connectivity index (χ1v) is 6.08. The summed E-state index contributed by atoms with van der Waals surface area (Å²) in [6.45, 7) is 7.00. The number of hydrogen-bond donors (Lipinski definition) is 0. The topological polar surface area (TPSA) is 54.5 Å². The van der Waals surface area contributed by atoms with E-state index in [4.69, 9.17) is 5.26 Å². The van der Waals surface area contributed by atoms with E-state index in [1.54, 1.807) is 0 Å². The minimum atomic E-state index is 0.395. The van der Waals surface area contributed by atoms with E-state index in [1.807, 2.05) is 10.7 Å². The van der Waals surface area contributed by atoms with Crippen LogP contribution in [0.25, 0.3) is 11.3 Å². The number of aryl methyl sites for hydroxylation is 3. The summed E-state index contributed by atoms with van der Waals surface area (Å²) in [5.41, 5.74) is 4.68. The van der Waals surface area contributed by atoms with Crippen LogP contribution in [0.3, 0.4) is 0 Å². The zero-order chi connectivity index (χ0) is 13.1. The van der Waals surface area contributed by atoms with Crippen LogP contribution in [0, 0.1) is 25.2 Å². The van der Waals surface area contributed by atoms with Gasteiger partial charge >= 0.3 is 0 Å². The molecule has 0 saturated heterocycles. The monoisotopic (exact) mass is 240 g/mol. The zero-order valence-corrected chi connectivity index (χ0v) is 10.9. The highest BCUT2D eigenvalue weighted by Crippen LogP contribution is 2.24. The molecule has 0 aliphatic rings. The predicted molar refractivity (Wildman–Crippen MR) is 69.9 cm³/mol. The molecular formula is C14H16N4. The lowest BCUT2D eigenvalue weighted by Gasteiger charge is -2.07. The molecule has 2 aromatic rings. The highest BCUT2D eigenvalue weighted by atomic mass is 15.4. The summed E-state index contributed by atoms with van der Waals surface area (Å²) in [6.07, 6.45) is 0.964. The lowest BCUT2D eigenvalue weighted by molar-refractivity contribution is 0.584. The first kappa shape index (κ1) is 12.3. The molecule has 0 fully saturated rings. The standard InChI is InChI=1S/C14H16N4/c1-4-7-18-14(13(9-15)16-17-18)12-6-5-10(2)11(3)8-12/h5-6,8H,4,7H2,1-3H3. The van der Waals surface area contributed by atoms with Crippen molar-refractivity contribution in [3.63, 3.8) is 0 Å². The number of nitriles is 1. The second-order valence-electron chi connectivity index (χ2n) is 4.42. The van der Waals surface area contributed by atoms with Gasteiger partial charge in [0.1, 0.15) is 11.8 Å². The predicted octanol–water partition coefficient (Wildman–Crippen LogP) is 2.84. The van der Waals surface area contributed by atoms with Crippen LogP contribution in [-0.4, -0.2) is 15.0 Å². The molecule has 1 aromatic carbocycles. The van der Waals surface area contributed by atoms with Crippen LogP contribution in [0.5, 0.6) is 0 Å². The first-order valence-electron chi connectivity index (χ1n) is 6.08. The van der Waals surface area contributed by atoms with Gasteiger partial charge in [-0.15, -0.1) is 5.10 Å². The van der Waals surface area contributed by atoms with Crippen LogP contribution in [0.2, 0.25) is 0 Å². The molecule has 0 amide bonds. The van der Waals surface area contributed by atoms with E-state index in [1.165, 1.54) is 11.1 Å². The molecule has 1 heterocycles. The zero-order valence-electron chi connectivity index (χ0n) is 10.9. The number of hydrogen-bond acceptors (Lipinski definition) is 3. The summed E-state index contributed by atoms with van der Waals surface area (Å²) in [5.74, 6) is 0. The summed E-state index contributed by atoms with van der Waals surface area (Å²) in [5, 5.41) is 17.1. The SMILES string of the molecule is CCCn1nnc(C#N)c1-c1ccc(C)c(C)c1. The minimum Gasteiger partial charge on any atom is -0.243 e. The Morgan fingerprint density at radius 3 is 2.67 bits per heavy atom. The Hall–Kier alpha value is -2.15. The number of aromatic nitrogens is 3. The van der Waals surface area contributed by atoms with Gasteiger partial charge in [-0.1, -0.05) is 24.3 Å². The van der Waals surface area contributed by atoms with Crippen LogP contribution < -0.4 is 0 Å². The van der Waals surface area contributed by atoms with Gasteiger partial charge in [0, 0.05) is 12.1 Å². The van der Waals surface area contributed by atoms with Gasteiger partial charge in [-0.2, -0.15) is 5.26 Å². The molecular weight excluding hydrogens is 224 g/mol. The second-order valence-corrected chi connectivity index (χ2v) is 4.42. The van der Waals surface area contributed by atoms with Crippen molar-refractivity contribution in [2.24, 2.45) is 0 Å². The molecule has 4 nitrogen and oxygen atoms in total.